The predicted molar refractivity (Wildman–Crippen MR) is 109 cm³/mol. The van der Waals surface area contributed by atoms with Gasteiger partial charge in [-0.15, -0.1) is 0 Å². The number of nitrogens with zero attached hydrogens (tertiary/aromatic N) is 1. The van der Waals surface area contributed by atoms with Crippen molar-refractivity contribution in [3.63, 3.8) is 0 Å². The molecule has 1 unspecified atom stereocenters. The Morgan fingerprint density at radius 2 is 1.73 bits per heavy atom. The number of epoxide rings is 1. The Kier molecular flexibility index (Phi) is 5.88. The predicted octanol–water partition coefficient (Wildman–Crippen LogP) is 2.04. The molecule has 1 aromatic carbocycles. The highest BCUT2D eigenvalue weighted by Crippen LogP contribution is 2.51. The Balaban J connectivity index is 1.41. The third-order valence-electron chi connectivity index (χ3n) is 6.95. The second-order valence-corrected chi connectivity index (χ2v) is 9.05. The summed E-state index contributed by atoms with van der Waals surface area (Å²) in [5.41, 5.74) is 0.778. The fraction of sp³-hybridized carbons (Fsp3) is 0.652. The molecule has 7 heteroatoms. The number of piperidine rings is 1. The van der Waals surface area contributed by atoms with Crippen molar-refractivity contribution in [1.29, 1.82) is 0 Å². The number of hydrogen-bond donors (Lipinski definition) is 0. The standard InChI is InChI=1S/C23H32NO6/c1-5-27-14(2)22(25)28-13-17(15-9-7-6-8-10-15)23(26)29-16-11-18-20-21(30-20)19(12-16)24(18,3)4/h6-10,14,16-21H,5,11-13H2,1-4H3/q+1/t14-,16?,17+,18+,19+,20-,21+/m0/s1. The van der Waals surface area contributed by atoms with E-state index < -0.39 is 18.0 Å². The molecule has 30 heavy (non-hydrogen) atoms. The summed E-state index contributed by atoms with van der Waals surface area (Å²) < 4.78 is 23.4. The van der Waals surface area contributed by atoms with Crippen LogP contribution in [0.25, 0.3) is 0 Å². The molecule has 0 saturated carbocycles. The zero-order valence-corrected chi connectivity index (χ0v) is 18.2. The lowest BCUT2D eigenvalue weighted by Crippen LogP contribution is -2.60. The van der Waals surface area contributed by atoms with E-state index in [1.165, 1.54) is 0 Å². The minimum atomic E-state index is -0.664. The Morgan fingerprint density at radius 3 is 2.33 bits per heavy atom. The van der Waals surface area contributed by atoms with Crippen LogP contribution in [0.4, 0.5) is 0 Å². The highest BCUT2D eigenvalue weighted by molar-refractivity contribution is 5.80. The van der Waals surface area contributed by atoms with Gasteiger partial charge in [-0.25, -0.2) is 4.79 Å². The van der Waals surface area contributed by atoms with Gasteiger partial charge in [0, 0.05) is 19.4 Å². The fourth-order valence-electron chi connectivity index (χ4n) is 5.13. The Hall–Kier alpha value is -1.96. The van der Waals surface area contributed by atoms with Gasteiger partial charge in [0.2, 0.25) is 0 Å². The molecule has 3 heterocycles. The van der Waals surface area contributed by atoms with Gasteiger partial charge in [0.15, 0.2) is 6.10 Å². The molecule has 4 rings (SSSR count). The Labute approximate surface area is 177 Å². The Bertz CT molecular complexity index is 761. The summed E-state index contributed by atoms with van der Waals surface area (Å²) in [6, 6.07) is 10.1. The third-order valence-corrected chi connectivity index (χ3v) is 6.95. The van der Waals surface area contributed by atoms with E-state index in [0.717, 1.165) is 22.9 Å². The van der Waals surface area contributed by atoms with E-state index in [1.54, 1.807) is 6.92 Å². The highest BCUT2D eigenvalue weighted by atomic mass is 16.6. The maximum absolute atomic E-state index is 13.1. The minimum absolute atomic E-state index is 0.0609. The van der Waals surface area contributed by atoms with Crippen molar-refractivity contribution >= 4 is 11.9 Å². The molecule has 0 N–H and O–H groups in total. The van der Waals surface area contributed by atoms with Gasteiger partial charge in [0.05, 0.1) is 14.1 Å². The van der Waals surface area contributed by atoms with Crippen molar-refractivity contribution < 1.29 is 33.0 Å². The van der Waals surface area contributed by atoms with Crippen LogP contribution in [0.15, 0.2) is 30.3 Å². The molecule has 0 radical (unpaired) electrons. The van der Waals surface area contributed by atoms with E-state index in [2.05, 4.69) is 14.1 Å². The lowest BCUT2D eigenvalue weighted by Gasteiger charge is -2.45. The number of esters is 2. The quantitative estimate of drug-likeness (QED) is 0.365. The van der Waals surface area contributed by atoms with E-state index in [-0.39, 0.29) is 18.7 Å². The number of benzene rings is 1. The van der Waals surface area contributed by atoms with Crippen LogP contribution in [-0.4, -0.2) is 80.2 Å². The maximum Gasteiger partial charge on any atom is 0.334 e. The monoisotopic (exact) mass is 418 g/mol. The summed E-state index contributed by atoms with van der Waals surface area (Å²) in [6.07, 6.45) is 1.43. The molecular formula is C23H32NO6+. The van der Waals surface area contributed by atoms with E-state index >= 15 is 0 Å². The number of fused-ring (bicyclic) bond motifs is 5. The van der Waals surface area contributed by atoms with Crippen LogP contribution >= 0.6 is 0 Å². The SMILES string of the molecule is CCO[C@@H](C)C(=O)OC[C@@H](C(=O)OC1C[C@@H]2[C@@H]3O[C@@H]3[C@@H](C1)[N+]2(C)C)c1ccccc1. The lowest BCUT2D eigenvalue weighted by atomic mass is 9.95. The normalized spacial score (nSPS) is 32.6. The summed E-state index contributed by atoms with van der Waals surface area (Å²) in [6.45, 7) is 3.83. The van der Waals surface area contributed by atoms with Gasteiger partial charge >= 0.3 is 11.9 Å². The first-order valence-corrected chi connectivity index (χ1v) is 10.8. The molecule has 1 aromatic rings. The van der Waals surface area contributed by atoms with Crippen molar-refractivity contribution in [2.45, 2.75) is 69.1 Å². The van der Waals surface area contributed by atoms with Crippen molar-refractivity contribution in [3.8, 4) is 0 Å². The van der Waals surface area contributed by atoms with E-state index in [0.29, 0.717) is 30.9 Å². The number of hydrogen-bond acceptors (Lipinski definition) is 6. The largest absolute Gasteiger partial charge is 0.462 e. The van der Waals surface area contributed by atoms with Gasteiger partial charge in [-0.2, -0.15) is 0 Å². The first-order valence-electron chi connectivity index (χ1n) is 10.8. The summed E-state index contributed by atoms with van der Waals surface area (Å²) in [5.74, 6) is -1.47. The number of morpholine rings is 1. The van der Waals surface area contributed by atoms with E-state index in [1.807, 2.05) is 37.3 Å². The van der Waals surface area contributed by atoms with Gasteiger partial charge in [-0.1, -0.05) is 30.3 Å². The molecule has 164 valence electrons. The number of carbonyl (C=O) groups excluding carboxylic acids is 2. The molecular weight excluding hydrogens is 386 g/mol. The summed E-state index contributed by atoms with van der Waals surface area (Å²) in [5, 5.41) is 0. The van der Waals surface area contributed by atoms with E-state index in [9.17, 15) is 9.59 Å². The van der Waals surface area contributed by atoms with Gasteiger partial charge in [0.1, 0.15) is 42.9 Å². The summed E-state index contributed by atoms with van der Waals surface area (Å²) >= 11 is 0. The van der Waals surface area contributed by atoms with Gasteiger partial charge < -0.3 is 23.4 Å². The molecule has 3 fully saturated rings. The number of carbonyl (C=O) groups is 2. The maximum atomic E-state index is 13.1. The van der Waals surface area contributed by atoms with Crippen LogP contribution in [0.1, 0.15) is 38.2 Å². The molecule has 3 aliphatic rings. The van der Waals surface area contributed by atoms with Crippen LogP contribution in [-0.2, 0) is 28.5 Å². The van der Waals surface area contributed by atoms with Gasteiger partial charge in [-0.3, -0.25) is 4.79 Å². The van der Waals surface area contributed by atoms with Crippen LogP contribution in [0.2, 0.25) is 0 Å². The molecule has 0 aliphatic carbocycles. The lowest BCUT2D eigenvalue weighted by molar-refractivity contribution is -0.938. The van der Waals surface area contributed by atoms with Crippen molar-refractivity contribution in [1.82, 2.24) is 0 Å². The number of likely N-dealkylation sites (N-methyl/N-ethyl adjacent to an activating group) is 1. The van der Waals surface area contributed by atoms with Gasteiger partial charge in [-0.05, 0) is 19.4 Å². The first kappa shape index (κ1) is 21.3. The third kappa shape index (κ3) is 3.98. The number of rotatable bonds is 8. The number of quaternary nitrogens is 1. The first-order chi connectivity index (χ1) is 14.3. The number of ether oxygens (including phenoxy) is 4. The second-order valence-electron chi connectivity index (χ2n) is 9.05. The topological polar surface area (TPSA) is 74.4 Å². The zero-order valence-electron chi connectivity index (χ0n) is 18.2. The minimum Gasteiger partial charge on any atom is -0.462 e. The van der Waals surface area contributed by atoms with Crippen molar-refractivity contribution in [3.05, 3.63) is 35.9 Å². The highest BCUT2D eigenvalue weighted by Gasteiger charge is 2.70. The molecule has 0 amide bonds. The summed E-state index contributed by atoms with van der Waals surface area (Å²) in [4.78, 5) is 25.3. The molecule has 7 atom stereocenters. The van der Waals surface area contributed by atoms with Crippen LogP contribution < -0.4 is 0 Å². The smallest absolute Gasteiger partial charge is 0.334 e. The van der Waals surface area contributed by atoms with Crippen molar-refractivity contribution in [2.75, 3.05) is 27.3 Å². The summed E-state index contributed by atoms with van der Waals surface area (Å²) in [7, 11) is 4.49. The molecule has 7 nitrogen and oxygen atoms in total. The molecule has 3 aliphatic heterocycles. The second kappa shape index (κ2) is 8.29. The average Bonchev–Trinajstić information content (AvgIpc) is 3.47. The van der Waals surface area contributed by atoms with E-state index in [4.69, 9.17) is 18.9 Å². The van der Waals surface area contributed by atoms with Gasteiger partial charge in [0.25, 0.3) is 0 Å². The van der Waals surface area contributed by atoms with Crippen LogP contribution in [0.3, 0.4) is 0 Å². The zero-order chi connectivity index (χ0) is 21.5. The van der Waals surface area contributed by atoms with Crippen LogP contribution in [0, 0.1) is 0 Å². The molecule has 0 spiro atoms. The molecule has 2 bridgehead atoms. The molecule has 3 saturated heterocycles. The molecule has 0 aromatic heterocycles. The Morgan fingerprint density at radius 1 is 1.10 bits per heavy atom. The van der Waals surface area contributed by atoms with Crippen LogP contribution in [0.5, 0.6) is 0 Å². The van der Waals surface area contributed by atoms with Crippen molar-refractivity contribution in [2.24, 2.45) is 0 Å². The average molecular weight is 419 g/mol. The fourth-order valence-corrected chi connectivity index (χ4v) is 5.13.